The van der Waals surface area contributed by atoms with Crippen LogP contribution in [0.1, 0.15) is 32.0 Å². The van der Waals surface area contributed by atoms with E-state index >= 15 is 0 Å². The predicted octanol–water partition coefficient (Wildman–Crippen LogP) is 3.05. The maximum atomic E-state index is 12.5. The standard InChI is InChI=1S/C22H18ClN3O4S/c23-17-7-3-15(4-8-17)11-13-25-31(29,30)18-9-5-16(6-10-18)14-26-21(27)19-2-1-12-24-20(19)22(26)28/h1-10,12,25H,11,13-14H2. The second kappa shape index (κ2) is 8.58. The van der Waals surface area contributed by atoms with Gasteiger partial charge in [0.2, 0.25) is 10.0 Å². The van der Waals surface area contributed by atoms with Gasteiger partial charge in [-0.05, 0) is 53.9 Å². The van der Waals surface area contributed by atoms with Gasteiger partial charge in [0.25, 0.3) is 11.8 Å². The van der Waals surface area contributed by atoms with Crippen LogP contribution < -0.4 is 4.72 Å². The minimum atomic E-state index is -3.68. The largest absolute Gasteiger partial charge is 0.280 e. The van der Waals surface area contributed by atoms with Gasteiger partial charge in [-0.1, -0.05) is 35.9 Å². The number of hydrogen-bond donors (Lipinski definition) is 1. The van der Waals surface area contributed by atoms with E-state index in [-0.39, 0.29) is 29.2 Å². The van der Waals surface area contributed by atoms with Gasteiger partial charge in [-0.25, -0.2) is 13.1 Å². The summed E-state index contributed by atoms with van der Waals surface area (Å²) >= 11 is 5.85. The lowest BCUT2D eigenvalue weighted by molar-refractivity contribution is 0.0640. The average Bonchev–Trinajstić information content (AvgIpc) is 3.01. The van der Waals surface area contributed by atoms with E-state index in [1.807, 2.05) is 12.1 Å². The van der Waals surface area contributed by atoms with Crippen molar-refractivity contribution in [2.24, 2.45) is 0 Å². The Bertz CT molecular complexity index is 1210. The van der Waals surface area contributed by atoms with Gasteiger partial charge in [0.05, 0.1) is 17.0 Å². The van der Waals surface area contributed by atoms with Crippen LogP contribution in [0, 0.1) is 0 Å². The summed E-state index contributed by atoms with van der Waals surface area (Å²) in [4.78, 5) is 30.1. The molecule has 4 rings (SSSR count). The third-order valence-corrected chi connectivity index (χ3v) is 6.65. The molecule has 0 fully saturated rings. The number of halogens is 1. The van der Waals surface area contributed by atoms with Crippen LogP contribution in [0.15, 0.2) is 71.8 Å². The number of fused-ring (bicyclic) bond motifs is 1. The summed E-state index contributed by atoms with van der Waals surface area (Å²) in [6.07, 6.45) is 2.00. The van der Waals surface area contributed by atoms with Crippen molar-refractivity contribution < 1.29 is 18.0 Å². The third-order valence-electron chi connectivity index (χ3n) is 4.92. The van der Waals surface area contributed by atoms with Gasteiger partial charge < -0.3 is 0 Å². The molecular weight excluding hydrogens is 438 g/mol. The molecule has 1 N–H and O–H groups in total. The second-order valence-corrected chi connectivity index (χ2v) is 9.22. The summed E-state index contributed by atoms with van der Waals surface area (Å²) in [5.41, 5.74) is 2.01. The minimum Gasteiger partial charge on any atom is -0.268 e. The summed E-state index contributed by atoms with van der Waals surface area (Å²) in [6, 6.07) is 16.5. The van der Waals surface area contributed by atoms with Gasteiger partial charge in [0.15, 0.2) is 0 Å². The Morgan fingerprint density at radius 1 is 0.903 bits per heavy atom. The van der Waals surface area contributed by atoms with Gasteiger partial charge in [-0.3, -0.25) is 19.5 Å². The highest BCUT2D eigenvalue weighted by Gasteiger charge is 2.36. The Labute approximate surface area is 184 Å². The van der Waals surface area contributed by atoms with E-state index in [0.29, 0.717) is 17.0 Å². The number of nitrogens with zero attached hydrogens (tertiary/aromatic N) is 2. The highest BCUT2D eigenvalue weighted by molar-refractivity contribution is 7.89. The van der Waals surface area contributed by atoms with Crippen molar-refractivity contribution in [1.29, 1.82) is 0 Å². The van der Waals surface area contributed by atoms with Crippen LogP contribution in [0.25, 0.3) is 0 Å². The molecule has 9 heteroatoms. The first-order valence-corrected chi connectivity index (χ1v) is 11.4. The van der Waals surface area contributed by atoms with Gasteiger partial charge in [0, 0.05) is 17.8 Å². The molecule has 0 aliphatic carbocycles. The molecule has 1 aromatic heterocycles. The number of hydrogen-bond acceptors (Lipinski definition) is 5. The minimum absolute atomic E-state index is 0.0400. The quantitative estimate of drug-likeness (QED) is 0.552. The van der Waals surface area contributed by atoms with Crippen LogP contribution in [-0.4, -0.2) is 36.7 Å². The molecular formula is C22H18ClN3O4S. The summed E-state index contributed by atoms with van der Waals surface area (Å²) in [6.45, 7) is 0.284. The summed E-state index contributed by atoms with van der Waals surface area (Å²) in [5, 5.41) is 0.627. The number of pyridine rings is 1. The molecule has 31 heavy (non-hydrogen) atoms. The monoisotopic (exact) mass is 455 g/mol. The summed E-state index contributed by atoms with van der Waals surface area (Å²) in [5.74, 6) is -0.866. The van der Waals surface area contributed by atoms with Crippen LogP contribution in [-0.2, 0) is 23.0 Å². The second-order valence-electron chi connectivity index (χ2n) is 7.01. The van der Waals surface area contributed by atoms with Crippen molar-refractivity contribution in [1.82, 2.24) is 14.6 Å². The molecule has 2 aromatic carbocycles. The number of sulfonamides is 1. The van der Waals surface area contributed by atoms with Gasteiger partial charge >= 0.3 is 0 Å². The fourth-order valence-electron chi connectivity index (χ4n) is 3.28. The molecule has 2 amide bonds. The van der Waals surface area contributed by atoms with Crippen LogP contribution >= 0.6 is 11.6 Å². The van der Waals surface area contributed by atoms with E-state index in [0.717, 1.165) is 10.5 Å². The molecule has 1 aliphatic rings. The lowest BCUT2D eigenvalue weighted by atomic mass is 10.2. The van der Waals surface area contributed by atoms with Crippen molar-refractivity contribution in [2.45, 2.75) is 17.9 Å². The van der Waals surface area contributed by atoms with E-state index in [1.165, 1.54) is 18.3 Å². The lowest BCUT2D eigenvalue weighted by Gasteiger charge is -2.14. The maximum absolute atomic E-state index is 12.5. The van der Waals surface area contributed by atoms with E-state index in [4.69, 9.17) is 11.6 Å². The molecule has 1 aliphatic heterocycles. The topological polar surface area (TPSA) is 96.4 Å². The normalized spacial score (nSPS) is 13.5. The first kappa shape index (κ1) is 21.2. The zero-order chi connectivity index (χ0) is 22.0. The molecule has 2 heterocycles. The van der Waals surface area contributed by atoms with Crippen molar-refractivity contribution in [3.63, 3.8) is 0 Å². The Morgan fingerprint density at radius 2 is 1.58 bits per heavy atom. The van der Waals surface area contributed by atoms with Crippen molar-refractivity contribution in [2.75, 3.05) is 6.54 Å². The van der Waals surface area contributed by atoms with Crippen molar-refractivity contribution in [3.8, 4) is 0 Å². The van der Waals surface area contributed by atoms with Crippen LogP contribution in [0.2, 0.25) is 5.02 Å². The van der Waals surface area contributed by atoms with Crippen molar-refractivity contribution >= 4 is 33.4 Å². The van der Waals surface area contributed by atoms with E-state index in [9.17, 15) is 18.0 Å². The molecule has 0 atom stereocenters. The highest BCUT2D eigenvalue weighted by Crippen LogP contribution is 2.23. The summed E-state index contributed by atoms with van der Waals surface area (Å²) < 4.78 is 27.6. The zero-order valence-electron chi connectivity index (χ0n) is 16.3. The Balaban J connectivity index is 1.39. The molecule has 0 spiro atoms. The number of carbonyl (C=O) groups excluding carboxylic acids is 2. The molecule has 0 radical (unpaired) electrons. The fraction of sp³-hybridized carbons (Fsp3) is 0.136. The van der Waals surface area contributed by atoms with Gasteiger partial charge in [0.1, 0.15) is 5.69 Å². The van der Waals surface area contributed by atoms with Gasteiger partial charge in [-0.15, -0.1) is 0 Å². The summed E-state index contributed by atoms with van der Waals surface area (Å²) in [7, 11) is -3.68. The molecule has 0 unspecified atom stereocenters. The van der Waals surface area contributed by atoms with Crippen LogP contribution in [0.3, 0.4) is 0 Å². The number of benzene rings is 2. The Morgan fingerprint density at radius 3 is 2.26 bits per heavy atom. The number of nitrogens with one attached hydrogen (secondary N) is 1. The van der Waals surface area contributed by atoms with E-state index in [2.05, 4.69) is 9.71 Å². The smallest absolute Gasteiger partial charge is 0.268 e. The van der Waals surface area contributed by atoms with Crippen LogP contribution in [0.5, 0.6) is 0 Å². The number of amides is 2. The first-order valence-electron chi connectivity index (χ1n) is 9.49. The fourth-order valence-corrected chi connectivity index (χ4v) is 4.44. The molecule has 0 bridgehead atoms. The van der Waals surface area contributed by atoms with E-state index in [1.54, 1.807) is 36.4 Å². The number of imide groups is 1. The number of aromatic nitrogens is 1. The number of rotatable bonds is 7. The Kier molecular flexibility index (Phi) is 5.86. The molecule has 7 nitrogen and oxygen atoms in total. The maximum Gasteiger partial charge on any atom is 0.280 e. The van der Waals surface area contributed by atoms with Crippen LogP contribution in [0.4, 0.5) is 0 Å². The predicted molar refractivity (Wildman–Crippen MR) is 115 cm³/mol. The first-order chi connectivity index (χ1) is 14.8. The van der Waals surface area contributed by atoms with Gasteiger partial charge in [-0.2, -0.15) is 0 Å². The number of carbonyl (C=O) groups is 2. The SMILES string of the molecule is O=C1c2cccnc2C(=O)N1Cc1ccc(S(=O)(=O)NCCc2ccc(Cl)cc2)cc1. The van der Waals surface area contributed by atoms with Crippen molar-refractivity contribution in [3.05, 3.63) is 94.3 Å². The zero-order valence-corrected chi connectivity index (χ0v) is 17.9. The van der Waals surface area contributed by atoms with E-state index < -0.39 is 21.8 Å². The molecule has 0 saturated carbocycles. The molecule has 158 valence electrons. The highest BCUT2D eigenvalue weighted by atomic mass is 35.5. The third kappa shape index (κ3) is 4.51. The Hall–Kier alpha value is -3.07. The lowest BCUT2D eigenvalue weighted by Crippen LogP contribution is -2.29. The average molecular weight is 456 g/mol. The molecule has 3 aromatic rings. The molecule has 0 saturated heterocycles.